The molecular formula is C22H22N2OS. The van der Waals surface area contributed by atoms with Crippen molar-refractivity contribution in [1.82, 2.24) is 10.3 Å². The van der Waals surface area contributed by atoms with Gasteiger partial charge in [0.25, 0.3) is 5.91 Å². The number of nitrogens with one attached hydrogen (secondary N) is 1. The molecule has 1 heterocycles. The lowest BCUT2D eigenvalue weighted by atomic mass is 10.1. The highest BCUT2D eigenvalue weighted by atomic mass is 32.2. The number of pyridine rings is 1. The Bertz CT molecular complexity index is 837. The van der Waals surface area contributed by atoms with Crippen molar-refractivity contribution in [2.24, 2.45) is 0 Å². The van der Waals surface area contributed by atoms with Crippen molar-refractivity contribution >= 4 is 17.7 Å². The summed E-state index contributed by atoms with van der Waals surface area (Å²) < 4.78 is 0. The highest BCUT2D eigenvalue weighted by Crippen LogP contribution is 2.28. The molecule has 0 aliphatic rings. The summed E-state index contributed by atoms with van der Waals surface area (Å²) >= 11 is 1.51. The first kappa shape index (κ1) is 18.2. The third-order valence-electron chi connectivity index (χ3n) is 4.06. The van der Waals surface area contributed by atoms with Crippen LogP contribution >= 0.6 is 11.8 Å². The number of carbonyl (C=O) groups excluding carboxylic acids is 1. The lowest BCUT2D eigenvalue weighted by Gasteiger charge is -2.15. The molecule has 4 heteroatoms. The number of rotatable bonds is 7. The molecule has 3 aromatic rings. The average molecular weight is 362 g/mol. The van der Waals surface area contributed by atoms with Gasteiger partial charge in [0.15, 0.2) is 0 Å². The van der Waals surface area contributed by atoms with Crippen LogP contribution in [0.2, 0.25) is 0 Å². The molecule has 0 fully saturated rings. The van der Waals surface area contributed by atoms with Crippen LogP contribution in [-0.2, 0) is 6.42 Å². The normalized spacial score (nSPS) is 11.7. The molecule has 3 nitrogen and oxygen atoms in total. The molecule has 1 atom stereocenters. The zero-order chi connectivity index (χ0) is 18.2. The summed E-state index contributed by atoms with van der Waals surface area (Å²) in [4.78, 5) is 18.2. The third-order valence-corrected chi connectivity index (χ3v) is 5.09. The van der Waals surface area contributed by atoms with E-state index in [0.717, 1.165) is 22.8 Å². The van der Waals surface area contributed by atoms with Gasteiger partial charge in [-0.15, -0.1) is 0 Å². The lowest BCUT2D eigenvalue weighted by molar-refractivity contribution is 0.0934. The molecule has 0 bridgehead atoms. The summed E-state index contributed by atoms with van der Waals surface area (Å²) in [7, 11) is 0. The van der Waals surface area contributed by atoms with E-state index in [1.165, 1.54) is 17.3 Å². The Morgan fingerprint density at radius 3 is 2.42 bits per heavy atom. The molecule has 0 aliphatic heterocycles. The first-order chi connectivity index (χ1) is 12.7. The minimum Gasteiger partial charge on any atom is -0.349 e. The Labute approximate surface area is 158 Å². The Balaban J connectivity index is 1.62. The SMILES string of the molecule is CC(CCc1ccccc1)NC(=O)c1cccnc1Sc1ccccc1. The Morgan fingerprint density at radius 2 is 1.69 bits per heavy atom. The van der Waals surface area contributed by atoms with Crippen LogP contribution in [0.5, 0.6) is 0 Å². The Hall–Kier alpha value is -2.59. The second-order valence-corrected chi connectivity index (χ2v) is 7.23. The van der Waals surface area contributed by atoms with E-state index in [9.17, 15) is 4.79 Å². The fourth-order valence-corrected chi connectivity index (χ4v) is 3.55. The molecule has 0 aliphatic carbocycles. The summed E-state index contributed by atoms with van der Waals surface area (Å²) in [6, 6.07) is 24.0. The molecule has 0 radical (unpaired) electrons. The van der Waals surface area contributed by atoms with Gasteiger partial charge in [0, 0.05) is 17.1 Å². The highest BCUT2D eigenvalue weighted by Gasteiger charge is 2.15. The molecule has 26 heavy (non-hydrogen) atoms. The predicted octanol–water partition coefficient (Wildman–Crippen LogP) is 4.98. The Morgan fingerprint density at radius 1 is 1.00 bits per heavy atom. The number of hydrogen-bond donors (Lipinski definition) is 1. The van der Waals surface area contributed by atoms with Crippen molar-refractivity contribution in [3.8, 4) is 0 Å². The monoisotopic (exact) mass is 362 g/mol. The first-order valence-electron chi connectivity index (χ1n) is 8.75. The third kappa shape index (κ3) is 5.20. The first-order valence-corrected chi connectivity index (χ1v) is 9.57. The molecule has 3 rings (SSSR count). The van der Waals surface area contributed by atoms with Crippen molar-refractivity contribution in [2.45, 2.75) is 35.7 Å². The molecule has 1 aromatic heterocycles. The fourth-order valence-electron chi connectivity index (χ4n) is 2.65. The quantitative estimate of drug-likeness (QED) is 0.644. The molecule has 0 spiro atoms. The minimum absolute atomic E-state index is 0.0721. The van der Waals surface area contributed by atoms with E-state index in [4.69, 9.17) is 0 Å². The van der Waals surface area contributed by atoms with Crippen LogP contribution < -0.4 is 5.32 Å². The van der Waals surface area contributed by atoms with Crippen LogP contribution in [0.4, 0.5) is 0 Å². The molecule has 132 valence electrons. The van der Waals surface area contributed by atoms with Crippen LogP contribution in [0.1, 0.15) is 29.3 Å². The summed E-state index contributed by atoms with van der Waals surface area (Å²) in [5, 5.41) is 3.83. The van der Waals surface area contributed by atoms with Gasteiger partial charge in [-0.2, -0.15) is 0 Å². The van der Waals surface area contributed by atoms with Crippen molar-refractivity contribution in [3.63, 3.8) is 0 Å². The van der Waals surface area contributed by atoms with E-state index in [1.807, 2.05) is 61.5 Å². The molecule has 0 saturated carbocycles. The van der Waals surface area contributed by atoms with Crippen molar-refractivity contribution in [1.29, 1.82) is 0 Å². The average Bonchev–Trinajstić information content (AvgIpc) is 2.68. The number of nitrogens with zero attached hydrogens (tertiary/aromatic N) is 1. The van der Waals surface area contributed by atoms with Gasteiger partial charge in [0.05, 0.1) is 5.56 Å². The Kier molecular flexibility index (Phi) is 6.45. The van der Waals surface area contributed by atoms with E-state index >= 15 is 0 Å². The number of aryl methyl sites for hydroxylation is 1. The second-order valence-electron chi connectivity index (χ2n) is 6.17. The molecule has 1 N–H and O–H groups in total. The van der Waals surface area contributed by atoms with E-state index in [1.54, 1.807) is 12.3 Å². The van der Waals surface area contributed by atoms with Gasteiger partial charge in [0.1, 0.15) is 5.03 Å². The molecule has 1 unspecified atom stereocenters. The summed E-state index contributed by atoms with van der Waals surface area (Å²) in [6.45, 7) is 2.04. The van der Waals surface area contributed by atoms with Gasteiger partial charge in [-0.1, -0.05) is 60.3 Å². The maximum absolute atomic E-state index is 12.7. The fraction of sp³-hybridized carbons (Fsp3) is 0.182. The molecule has 0 saturated heterocycles. The van der Waals surface area contributed by atoms with Gasteiger partial charge < -0.3 is 5.32 Å². The zero-order valence-electron chi connectivity index (χ0n) is 14.8. The van der Waals surface area contributed by atoms with Crippen LogP contribution in [0.25, 0.3) is 0 Å². The summed E-state index contributed by atoms with van der Waals surface area (Å²) in [6.07, 6.45) is 3.57. The number of benzene rings is 2. The maximum atomic E-state index is 12.7. The van der Waals surface area contributed by atoms with Crippen molar-refractivity contribution in [3.05, 3.63) is 90.1 Å². The molecule has 2 aromatic carbocycles. The van der Waals surface area contributed by atoms with Gasteiger partial charge in [0.2, 0.25) is 0 Å². The van der Waals surface area contributed by atoms with Crippen LogP contribution in [0, 0.1) is 0 Å². The lowest BCUT2D eigenvalue weighted by Crippen LogP contribution is -2.33. The van der Waals surface area contributed by atoms with Gasteiger partial charge in [-0.25, -0.2) is 4.98 Å². The van der Waals surface area contributed by atoms with Crippen LogP contribution in [0.15, 0.2) is 88.9 Å². The van der Waals surface area contributed by atoms with Crippen LogP contribution in [0.3, 0.4) is 0 Å². The van der Waals surface area contributed by atoms with Gasteiger partial charge in [-0.3, -0.25) is 4.79 Å². The minimum atomic E-state index is -0.0721. The summed E-state index contributed by atoms with van der Waals surface area (Å²) in [5.74, 6) is -0.0721. The highest BCUT2D eigenvalue weighted by molar-refractivity contribution is 7.99. The van der Waals surface area contributed by atoms with Crippen molar-refractivity contribution < 1.29 is 4.79 Å². The number of hydrogen-bond acceptors (Lipinski definition) is 3. The summed E-state index contributed by atoms with van der Waals surface area (Å²) in [5.41, 5.74) is 1.91. The van der Waals surface area contributed by atoms with E-state index < -0.39 is 0 Å². The van der Waals surface area contributed by atoms with Gasteiger partial charge >= 0.3 is 0 Å². The number of amides is 1. The van der Waals surface area contributed by atoms with Crippen LogP contribution in [-0.4, -0.2) is 16.9 Å². The molecule has 1 amide bonds. The topological polar surface area (TPSA) is 42.0 Å². The number of aromatic nitrogens is 1. The van der Waals surface area contributed by atoms with Gasteiger partial charge in [-0.05, 0) is 49.6 Å². The standard InChI is InChI=1S/C22H22N2OS/c1-17(14-15-18-9-4-2-5-10-18)24-21(25)20-13-8-16-23-22(20)26-19-11-6-3-7-12-19/h2-13,16-17H,14-15H2,1H3,(H,24,25). The molecular weight excluding hydrogens is 340 g/mol. The maximum Gasteiger partial charge on any atom is 0.254 e. The zero-order valence-corrected chi connectivity index (χ0v) is 15.6. The van der Waals surface area contributed by atoms with E-state index in [0.29, 0.717) is 5.56 Å². The predicted molar refractivity (Wildman–Crippen MR) is 106 cm³/mol. The van der Waals surface area contributed by atoms with E-state index in [2.05, 4.69) is 22.4 Å². The largest absolute Gasteiger partial charge is 0.349 e. The van der Waals surface area contributed by atoms with Crippen molar-refractivity contribution in [2.75, 3.05) is 0 Å². The smallest absolute Gasteiger partial charge is 0.254 e. The number of carbonyl (C=O) groups is 1. The van der Waals surface area contributed by atoms with E-state index in [-0.39, 0.29) is 11.9 Å². The second kappa shape index (κ2) is 9.20.